The highest BCUT2D eigenvalue weighted by Crippen LogP contribution is 2.27. The van der Waals surface area contributed by atoms with Crippen LogP contribution in [0, 0.1) is 19.8 Å². The molecule has 1 aliphatic heterocycles. The summed E-state index contributed by atoms with van der Waals surface area (Å²) >= 11 is 0. The molecule has 2 fully saturated rings. The van der Waals surface area contributed by atoms with Crippen molar-refractivity contribution in [1.82, 2.24) is 25.0 Å². The molecule has 1 amide bonds. The Morgan fingerprint density at radius 3 is 2.59 bits per heavy atom. The van der Waals surface area contributed by atoms with Crippen molar-refractivity contribution in [2.24, 2.45) is 13.0 Å². The molecule has 6 heteroatoms. The van der Waals surface area contributed by atoms with Crippen molar-refractivity contribution in [2.75, 3.05) is 19.6 Å². The van der Waals surface area contributed by atoms with Gasteiger partial charge in [-0.2, -0.15) is 5.10 Å². The van der Waals surface area contributed by atoms with Crippen LogP contribution in [0.3, 0.4) is 0 Å². The number of amides is 1. The van der Waals surface area contributed by atoms with Crippen molar-refractivity contribution < 1.29 is 4.79 Å². The number of carbonyl (C=O) groups is 1. The molecular formula is C21H31N5O. The summed E-state index contributed by atoms with van der Waals surface area (Å²) < 4.78 is 1.76. The predicted molar refractivity (Wildman–Crippen MR) is 107 cm³/mol. The molecular weight excluding hydrogens is 338 g/mol. The van der Waals surface area contributed by atoms with Gasteiger partial charge in [0.2, 0.25) is 0 Å². The second kappa shape index (κ2) is 7.58. The van der Waals surface area contributed by atoms with Crippen molar-refractivity contribution in [1.29, 1.82) is 0 Å². The number of rotatable bonds is 4. The smallest absolute Gasteiger partial charge is 0.252 e. The third-order valence-corrected chi connectivity index (χ3v) is 6.26. The van der Waals surface area contributed by atoms with E-state index in [0.717, 1.165) is 54.3 Å². The van der Waals surface area contributed by atoms with Gasteiger partial charge < -0.3 is 10.2 Å². The molecule has 1 N–H and O–H groups in total. The van der Waals surface area contributed by atoms with E-state index in [-0.39, 0.29) is 11.9 Å². The van der Waals surface area contributed by atoms with E-state index < -0.39 is 0 Å². The minimum atomic E-state index is 0.0100. The van der Waals surface area contributed by atoms with Gasteiger partial charge in [0.1, 0.15) is 0 Å². The van der Waals surface area contributed by atoms with E-state index in [1.807, 2.05) is 27.0 Å². The SMILES string of the molecule is Cc1cc(C(=O)NC2CCN(CC3CCCC3)CC2)c2c(C)nn(C)c2n1. The van der Waals surface area contributed by atoms with Crippen LogP contribution in [-0.2, 0) is 7.05 Å². The number of aryl methyl sites for hydroxylation is 3. The van der Waals surface area contributed by atoms with E-state index in [1.54, 1.807) is 4.68 Å². The first-order valence-corrected chi connectivity index (χ1v) is 10.4. The maximum Gasteiger partial charge on any atom is 0.252 e. The number of nitrogens with zero attached hydrogens (tertiary/aromatic N) is 4. The molecule has 0 spiro atoms. The molecule has 6 nitrogen and oxygen atoms in total. The lowest BCUT2D eigenvalue weighted by Gasteiger charge is -2.33. The first kappa shape index (κ1) is 18.4. The Balaban J connectivity index is 1.41. The van der Waals surface area contributed by atoms with Gasteiger partial charge in [-0.15, -0.1) is 0 Å². The number of piperidine rings is 1. The molecule has 2 aliphatic rings. The molecule has 1 saturated carbocycles. The number of likely N-dealkylation sites (tertiary alicyclic amines) is 1. The molecule has 0 atom stereocenters. The highest BCUT2D eigenvalue weighted by Gasteiger charge is 2.25. The molecule has 1 saturated heterocycles. The van der Waals surface area contributed by atoms with Crippen molar-refractivity contribution in [3.63, 3.8) is 0 Å². The molecule has 4 rings (SSSR count). The molecule has 27 heavy (non-hydrogen) atoms. The Morgan fingerprint density at radius 1 is 1.19 bits per heavy atom. The van der Waals surface area contributed by atoms with Crippen LogP contribution in [-0.4, -0.2) is 51.2 Å². The quantitative estimate of drug-likeness (QED) is 0.900. The van der Waals surface area contributed by atoms with Crippen LogP contribution in [0.25, 0.3) is 11.0 Å². The Kier molecular flexibility index (Phi) is 5.17. The van der Waals surface area contributed by atoms with E-state index in [4.69, 9.17) is 0 Å². The average Bonchev–Trinajstić information content (AvgIpc) is 3.24. The van der Waals surface area contributed by atoms with Gasteiger partial charge in [-0.3, -0.25) is 9.48 Å². The van der Waals surface area contributed by atoms with Crippen molar-refractivity contribution in [2.45, 2.75) is 58.4 Å². The van der Waals surface area contributed by atoms with Gasteiger partial charge in [0, 0.05) is 38.4 Å². The van der Waals surface area contributed by atoms with Crippen LogP contribution < -0.4 is 5.32 Å². The van der Waals surface area contributed by atoms with Gasteiger partial charge in [0.25, 0.3) is 5.91 Å². The molecule has 0 unspecified atom stereocenters. The van der Waals surface area contributed by atoms with Gasteiger partial charge in [0.15, 0.2) is 5.65 Å². The zero-order valence-electron chi connectivity index (χ0n) is 16.8. The molecule has 3 heterocycles. The van der Waals surface area contributed by atoms with Crippen LogP contribution in [0.4, 0.5) is 0 Å². The zero-order chi connectivity index (χ0) is 19.0. The van der Waals surface area contributed by atoms with Crippen molar-refractivity contribution in [3.8, 4) is 0 Å². The summed E-state index contributed by atoms with van der Waals surface area (Å²) in [6, 6.07) is 2.15. The molecule has 146 valence electrons. The van der Waals surface area contributed by atoms with E-state index in [1.165, 1.54) is 32.2 Å². The van der Waals surface area contributed by atoms with Gasteiger partial charge in [-0.1, -0.05) is 12.8 Å². The monoisotopic (exact) mass is 369 g/mol. The first-order chi connectivity index (χ1) is 13.0. The summed E-state index contributed by atoms with van der Waals surface area (Å²) in [7, 11) is 1.88. The Labute approximate surface area is 161 Å². The highest BCUT2D eigenvalue weighted by atomic mass is 16.1. The number of carbonyl (C=O) groups excluding carboxylic acids is 1. The second-order valence-corrected chi connectivity index (χ2v) is 8.42. The fourth-order valence-corrected chi connectivity index (χ4v) is 4.83. The first-order valence-electron chi connectivity index (χ1n) is 10.4. The molecule has 0 radical (unpaired) electrons. The average molecular weight is 370 g/mol. The lowest BCUT2D eigenvalue weighted by Crippen LogP contribution is -2.45. The molecule has 2 aromatic heterocycles. The lowest BCUT2D eigenvalue weighted by atomic mass is 10.0. The standard InChI is InChI=1S/C21H31N5O/c1-14-12-18(19-15(2)24-25(3)20(19)22-14)21(27)23-17-8-10-26(11-9-17)13-16-6-4-5-7-16/h12,16-17H,4-11,13H2,1-3H3,(H,23,27). The fraction of sp³-hybridized carbons (Fsp3) is 0.667. The van der Waals surface area contributed by atoms with Crippen LogP contribution in [0.2, 0.25) is 0 Å². The minimum absolute atomic E-state index is 0.0100. The topological polar surface area (TPSA) is 63.1 Å². The molecule has 1 aliphatic carbocycles. The van der Waals surface area contributed by atoms with Gasteiger partial charge >= 0.3 is 0 Å². The summed E-state index contributed by atoms with van der Waals surface area (Å²) in [5.41, 5.74) is 3.19. The Bertz CT molecular complexity index is 829. The number of pyridine rings is 1. The maximum absolute atomic E-state index is 13.0. The largest absolute Gasteiger partial charge is 0.349 e. The van der Waals surface area contributed by atoms with E-state index in [0.29, 0.717) is 5.56 Å². The number of fused-ring (bicyclic) bond motifs is 1. The van der Waals surface area contributed by atoms with E-state index >= 15 is 0 Å². The van der Waals surface area contributed by atoms with Crippen molar-refractivity contribution >= 4 is 16.9 Å². The molecule has 2 aromatic rings. The zero-order valence-corrected chi connectivity index (χ0v) is 16.8. The number of hydrogen-bond donors (Lipinski definition) is 1. The molecule has 0 bridgehead atoms. The Hall–Kier alpha value is -1.95. The molecule has 0 aromatic carbocycles. The summed E-state index contributed by atoms with van der Waals surface area (Å²) in [5.74, 6) is 0.911. The van der Waals surface area contributed by atoms with Gasteiger partial charge in [0.05, 0.1) is 16.6 Å². The third kappa shape index (κ3) is 3.86. The Morgan fingerprint density at radius 2 is 1.89 bits per heavy atom. The number of hydrogen-bond acceptors (Lipinski definition) is 4. The van der Waals surface area contributed by atoms with Crippen LogP contribution >= 0.6 is 0 Å². The maximum atomic E-state index is 13.0. The summed E-state index contributed by atoms with van der Waals surface area (Å²) in [6.07, 6.45) is 7.70. The summed E-state index contributed by atoms with van der Waals surface area (Å²) in [5, 5.41) is 8.60. The van der Waals surface area contributed by atoms with Gasteiger partial charge in [-0.05, 0) is 51.5 Å². The van der Waals surface area contributed by atoms with Crippen LogP contribution in [0.15, 0.2) is 6.07 Å². The minimum Gasteiger partial charge on any atom is -0.349 e. The van der Waals surface area contributed by atoms with E-state index in [2.05, 4.69) is 20.3 Å². The van der Waals surface area contributed by atoms with Crippen molar-refractivity contribution in [3.05, 3.63) is 23.0 Å². The van der Waals surface area contributed by atoms with Gasteiger partial charge in [-0.25, -0.2) is 4.98 Å². The van der Waals surface area contributed by atoms with Crippen LogP contribution in [0.1, 0.15) is 60.3 Å². The highest BCUT2D eigenvalue weighted by molar-refractivity contribution is 6.06. The second-order valence-electron chi connectivity index (χ2n) is 8.42. The normalized spacial score (nSPS) is 19.8. The summed E-state index contributed by atoms with van der Waals surface area (Å²) in [4.78, 5) is 20.2. The lowest BCUT2D eigenvalue weighted by molar-refractivity contribution is 0.0907. The number of nitrogens with one attached hydrogen (secondary N) is 1. The number of aromatic nitrogens is 3. The predicted octanol–water partition coefficient (Wildman–Crippen LogP) is 2.97. The summed E-state index contributed by atoms with van der Waals surface area (Å²) in [6.45, 7) is 7.31. The fourth-order valence-electron chi connectivity index (χ4n) is 4.83. The van der Waals surface area contributed by atoms with E-state index in [9.17, 15) is 4.79 Å². The third-order valence-electron chi connectivity index (χ3n) is 6.26. The van der Waals surface area contributed by atoms with Crippen LogP contribution in [0.5, 0.6) is 0 Å².